The molecule has 0 unspecified atom stereocenters. The number of carbonyl (C=O) groups excluding carboxylic acids is 1. The van der Waals surface area contributed by atoms with Gasteiger partial charge in [-0.15, -0.1) is 0 Å². The quantitative estimate of drug-likeness (QED) is 0.552. The molecule has 0 aliphatic carbocycles. The van der Waals surface area contributed by atoms with E-state index in [1.807, 2.05) is 0 Å². The van der Waals surface area contributed by atoms with Crippen molar-refractivity contribution in [2.24, 2.45) is 0 Å². The summed E-state index contributed by atoms with van der Waals surface area (Å²) in [5.41, 5.74) is -0.159. The largest absolute Gasteiger partial charge is 0.496 e. The Kier molecular flexibility index (Phi) is 5.92. The number of ether oxygens (including phenoxy) is 3. The lowest BCUT2D eigenvalue weighted by Crippen LogP contribution is -2.05. The zero-order valence-electron chi connectivity index (χ0n) is 14.4. The Balaban J connectivity index is 2.30. The summed E-state index contributed by atoms with van der Waals surface area (Å²) < 4.78 is 53.4. The van der Waals surface area contributed by atoms with Crippen molar-refractivity contribution < 1.29 is 32.2 Å². The van der Waals surface area contributed by atoms with Crippen LogP contribution in [0.3, 0.4) is 0 Å². The first kappa shape index (κ1) is 19.4. The Morgan fingerprint density at radius 1 is 0.923 bits per heavy atom. The van der Waals surface area contributed by atoms with Gasteiger partial charge in [0, 0.05) is 17.7 Å². The highest BCUT2D eigenvalue weighted by Crippen LogP contribution is 2.35. The highest BCUT2D eigenvalue weighted by atomic mass is 19.4. The van der Waals surface area contributed by atoms with Gasteiger partial charge in [-0.2, -0.15) is 13.2 Å². The third-order valence-electron chi connectivity index (χ3n) is 3.65. The molecule has 0 aliphatic heterocycles. The molecule has 0 spiro atoms. The normalized spacial score (nSPS) is 11.5. The fourth-order valence-electron chi connectivity index (χ4n) is 2.28. The third-order valence-corrected chi connectivity index (χ3v) is 3.65. The predicted octanol–water partition coefficient (Wildman–Crippen LogP) is 4.63. The lowest BCUT2D eigenvalue weighted by Gasteiger charge is -2.12. The minimum atomic E-state index is -4.44. The van der Waals surface area contributed by atoms with Crippen LogP contribution in [-0.4, -0.2) is 27.1 Å². The highest BCUT2D eigenvalue weighted by Gasteiger charge is 2.30. The van der Waals surface area contributed by atoms with Gasteiger partial charge in [-0.05, 0) is 24.3 Å². The number of hydrogen-bond donors (Lipinski definition) is 0. The fourth-order valence-corrected chi connectivity index (χ4v) is 2.28. The van der Waals surface area contributed by atoms with Crippen LogP contribution in [0.5, 0.6) is 17.2 Å². The van der Waals surface area contributed by atoms with Crippen molar-refractivity contribution >= 4 is 11.9 Å². The third kappa shape index (κ3) is 4.36. The summed E-state index contributed by atoms with van der Waals surface area (Å²) in [4.78, 5) is 12.2. The van der Waals surface area contributed by atoms with Crippen LogP contribution in [0.15, 0.2) is 42.5 Å². The minimum Gasteiger partial charge on any atom is -0.496 e. The van der Waals surface area contributed by atoms with Crippen molar-refractivity contribution in [3.05, 3.63) is 59.2 Å². The van der Waals surface area contributed by atoms with E-state index in [1.165, 1.54) is 33.5 Å². The van der Waals surface area contributed by atoms with Gasteiger partial charge in [0.2, 0.25) is 0 Å². The van der Waals surface area contributed by atoms with Crippen molar-refractivity contribution in [2.45, 2.75) is 6.18 Å². The molecule has 138 valence electrons. The van der Waals surface area contributed by atoms with Gasteiger partial charge in [-0.25, -0.2) is 0 Å². The Hall–Kier alpha value is -2.96. The van der Waals surface area contributed by atoms with E-state index in [2.05, 4.69) is 0 Å². The Morgan fingerprint density at radius 3 is 1.88 bits per heavy atom. The van der Waals surface area contributed by atoms with E-state index in [4.69, 9.17) is 14.2 Å². The van der Waals surface area contributed by atoms with Crippen LogP contribution in [0.25, 0.3) is 6.08 Å². The molecular weight excluding hydrogens is 349 g/mol. The number of rotatable bonds is 6. The summed E-state index contributed by atoms with van der Waals surface area (Å²) in [7, 11) is 4.42. The van der Waals surface area contributed by atoms with Crippen molar-refractivity contribution in [3.8, 4) is 17.2 Å². The zero-order chi connectivity index (χ0) is 19.3. The van der Waals surface area contributed by atoms with Crippen LogP contribution in [0.2, 0.25) is 0 Å². The average Bonchev–Trinajstić information content (AvgIpc) is 2.64. The number of hydrogen-bond acceptors (Lipinski definition) is 4. The summed E-state index contributed by atoms with van der Waals surface area (Å²) >= 11 is 0. The first-order valence-corrected chi connectivity index (χ1v) is 7.49. The predicted molar refractivity (Wildman–Crippen MR) is 90.9 cm³/mol. The first-order valence-electron chi connectivity index (χ1n) is 7.49. The standard InChI is InChI=1S/C19H17F3O4/c1-24-14-10-17(25-2)15(18(11-14)26-3)8-9-16(23)12-4-6-13(7-5-12)19(20,21)22/h4-11H,1-3H3/b9-8+. The van der Waals surface area contributed by atoms with Gasteiger partial charge in [0.05, 0.1) is 32.5 Å². The smallest absolute Gasteiger partial charge is 0.416 e. The van der Waals surface area contributed by atoms with Crippen molar-refractivity contribution in [3.63, 3.8) is 0 Å². The number of allylic oxidation sites excluding steroid dienone is 1. The van der Waals surface area contributed by atoms with Gasteiger partial charge < -0.3 is 14.2 Å². The molecule has 0 fully saturated rings. The van der Waals surface area contributed by atoms with E-state index in [0.29, 0.717) is 22.8 Å². The molecule has 0 aromatic heterocycles. The van der Waals surface area contributed by atoms with Crippen LogP contribution in [-0.2, 0) is 6.18 Å². The van der Waals surface area contributed by atoms with E-state index in [1.54, 1.807) is 12.1 Å². The molecule has 0 N–H and O–H groups in total. The zero-order valence-corrected chi connectivity index (χ0v) is 14.4. The minimum absolute atomic E-state index is 0.140. The van der Waals surface area contributed by atoms with Crippen LogP contribution in [0.4, 0.5) is 13.2 Å². The second-order valence-corrected chi connectivity index (χ2v) is 5.22. The molecule has 0 heterocycles. The molecule has 0 aliphatic rings. The van der Waals surface area contributed by atoms with Gasteiger partial charge in [-0.1, -0.05) is 12.1 Å². The van der Waals surface area contributed by atoms with Gasteiger partial charge in [-0.3, -0.25) is 4.79 Å². The molecule has 2 rings (SSSR count). The Bertz CT molecular complexity index is 784. The lowest BCUT2D eigenvalue weighted by molar-refractivity contribution is -0.137. The monoisotopic (exact) mass is 366 g/mol. The van der Waals surface area contributed by atoms with Crippen LogP contribution < -0.4 is 14.2 Å². The lowest BCUT2D eigenvalue weighted by atomic mass is 10.1. The highest BCUT2D eigenvalue weighted by molar-refractivity contribution is 6.07. The molecule has 2 aromatic rings. The molecule has 0 radical (unpaired) electrons. The van der Waals surface area contributed by atoms with E-state index in [9.17, 15) is 18.0 Å². The molecule has 0 bridgehead atoms. The number of methoxy groups -OCH3 is 3. The molecule has 7 heteroatoms. The first-order chi connectivity index (χ1) is 12.3. The SMILES string of the molecule is COc1cc(OC)c(/C=C/C(=O)c2ccc(C(F)(F)F)cc2)c(OC)c1. The maximum Gasteiger partial charge on any atom is 0.416 e. The van der Waals surface area contributed by atoms with Crippen molar-refractivity contribution in [1.29, 1.82) is 0 Å². The van der Waals surface area contributed by atoms with Gasteiger partial charge in [0.25, 0.3) is 0 Å². The van der Waals surface area contributed by atoms with E-state index in [-0.39, 0.29) is 5.56 Å². The summed E-state index contributed by atoms with van der Waals surface area (Å²) in [6.45, 7) is 0. The number of carbonyl (C=O) groups is 1. The fraction of sp³-hybridized carbons (Fsp3) is 0.211. The number of alkyl halides is 3. The average molecular weight is 366 g/mol. The number of ketones is 1. The van der Waals surface area contributed by atoms with Crippen LogP contribution in [0, 0.1) is 0 Å². The maximum absolute atomic E-state index is 12.6. The molecular formula is C19H17F3O4. The molecule has 26 heavy (non-hydrogen) atoms. The second kappa shape index (κ2) is 7.95. The molecule has 0 atom stereocenters. The molecule has 2 aromatic carbocycles. The topological polar surface area (TPSA) is 44.8 Å². The van der Waals surface area contributed by atoms with Crippen molar-refractivity contribution in [1.82, 2.24) is 0 Å². The molecule has 0 saturated heterocycles. The summed E-state index contributed by atoms with van der Waals surface area (Å²) in [5, 5.41) is 0. The van der Waals surface area contributed by atoms with E-state index < -0.39 is 17.5 Å². The van der Waals surface area contributed by atoms with Crippen LogP contribution >= 0.6 is 0 Å². The summed E-state index contributed by atoms with van der Waals surface area (Å²) in [6.07, 6.45) is -1.71. The van der Waals surface area contributed by atoms with E-state index in [0.717, 1.165) is 24.3 Å². The van der Waals surface area contributed by atoms with E-state index >= 15 is 0 Å². The van der Waals surface area contributed by atoms with Gasteiger partial charge in [0.1, 0.15) is 17.2 Å². The second-order valence-electron chi connectivity index (χ2n) is 5.22. The summed E-state index contributed by atoms with van der Waals surface area (Å²) in [6, 6.07) is 7.27. The van der Waals surface area contributed by atoms with Gasteiger partial charge >= 0.3 is 6.18 Å². The number of halogens is 3. The molecule has 4 nitrogen and oxygen atoms in total. The van der Waals surface area contributed by atoms with Crippen molar-refractivity contribution in [2.75, 3.05) is 21.3 Å². The molecule has 0 amide bonds. The Morgan fingerprint density at radius 2 is 1.46 bits per heavy atom. The van der Waals surface area contributed by atoms with Gasteiger partial charge in [0.15, 0.2) is 5.78 Å². The maximum atomic E-state index is 12.6. The van der Waals surface area contributed by atoms with Crippen LogP contribution in [0.1, 0.15) is 21.5 Å². The summed E-state index contributed by atoms with van der Waals surface area (Å²) in [5.74, 6) is 0.930. The molecule has 0 saturated carbocycles. The Labute approximate surface area is 148 Å². The number of benzene rings is 2.